The van der Waals surface area contributed by atoms with Crippen molar-refractivity contribution in [3.8, 4) is 11.5 Å². The first kappa shape index (κ1) is 16.5. The summed E-state index contributed by atoms with van der Waals surface area (Å²) in [5.74, 6) is 0.340. The van der Waals surface area contributed by atoms with Gasteiger partial charge in [0.05, 0.1) is 4.90 Å². The maximum Gasteiger partial charge on any atom is 0.233 e. The standard InChI is InChI=1S/C17H15ClN2O3S/c1-11-3-5-12(6-4-11)15-20-17(16(19-2)23-15)24(21,22)14-9-7-13(18)8-10-14/h3-10,19H,1-2H3. The minimum absolute atomic E-state index is 0.0977. The smallest absolute Gasteiger partial charge is 0.233 e. The fourth-order valence-corrected chi connectivity index (χ4v) is 3.63. The third kappa shape index (κ3) is 3.02. The molecule has 0 radical (unpaired) electrons. The van der Waals surface area contributed by atoms with E-state index < -0.39 is 9.84 Å². The Morgan fingerprint density at radius 3 is 2.25 bits per heavy atom. The van der Waals surface area contributed by atoms with Crippen molar-refractivity contribution in [2.24, 2.45) is 0 Å². The molecular weight excluding hydrogens is 348 g/mol. The molecule has 0 saturated carbocycles. The van der Waals surface area contributed by atoms with Crippen molar-refractivity contribution in [2.75, 3.05) is 12.4 Å². The Labute approximate surface area is 145 Å². The van der Waals surface area contributed by atoms with E-state index in [1.165, 1.54) is 24.3 Å². The molecule has 0 unspecified atom stereocenters. The number of hydrogen-bond acceptors (Lipinski definition) is 5. The van der Waals surface area contributed by atoms with Gasteiger partial charge in [-0.2, -0.15) is 4.98 Å². The lowest BCUT2D eigenvalue weighted by Gasteiger charge is -2.02. The maximum absolute atomic E-state index is 12.8. The Bertz CT molecular complexity index is 962. The fraction of sp³-hybridized carbons (Fsp3) is 0.118. The van der Waals surface area contributed by atoms with E-state index in [1.807, 2.05) is 31.2 Å². The lowest BCUT2D eigenvalue weighted by molar-refractivity contribution is 0.580. The maximum atomic E-state index is 12.8. The number of hydrogen-bond donors (Lipinski definition) is 1. The molecule has 0 atom stereocenters. The van der Waals surface area contributed by atoms with E-state index in [4.69, 9.17) is 16.0 Å². The van der Waals surface area contributed by atoms with Gasteiger partial charge in [0, 0.05) is 17.6 Å². The summed E-state index contributed by atoms with van der Waals surface area (Å²) in [6, 6.07) is 13.4. The predicted molar refractivity (Wildman–Crippen MR) is 93.1 cm³/mol. The molecular formula is C17H15ClN2O3S. The Hall–Kier alpha value is -2.31. The van der Waals surface area contributed by atoms with Crippen LogP contribution in [0.2, 0.25) is 5.02 Å². The van der Waals surface area contributed by atoms with Crippen molar-refractivity contribution in [1.82, 2.24) is 4.98 Å². The minimum Gasteiger partial charge on any atom is -0.419 e. The van der Waals surface area contributed by atoms with Gasteiger partial charge in [0.1, 0.15) is 0 Å². The largest absolute Gasteiger partial charge is 0.419 e. The summed E-state index contributed by atoms with van der Waals surface area (Å²) in [7, 11) is -2.24. The van der Waals surface area contributed by atoms with Crippen LogP contribution in [0.1, 0.15) is 5.56 Å². The van der Waals surface area contributed by atoms with Gasteiger partial charge in [-0.15, -0.1) is 0 Å². The van der Waals surface area contributed by atoms with Crippen molar-refractivity contribution < 1.29 is 12.8 Å². The van der Waals surface area contributed by atoms with Gasteiger partial charge in [0.15, 0.2) is 0 Å². The first-order valence-electron chi connectivity index (χ1n) is 7.18. The van der Waals surface area contributed by atoms with E-state index in [2.05, 4.69) is 10.3 Å². The zero-order valence-electron chi connectivity index (χ0n) is 13.1. The van der Waals surface area contributed by atoms with Gasteiger partial charge in [0.25, 0.3) is 0 Å². The first-order valence-corrected chi connectivity index (χ1v) is 9.04. The zero-order chi connectivity index (χ0) is 17.3. The molecule has 1 heterocycles. The van der Waals surface area contributed by atoms with Crippen LogP contribution in [0.4, 0.5) is 5.88 Å². The molecule has 0 aliphatic carbocycles. The lowest BCUT2D eigenvalue weighted by Crippen LogP contribution is -2.05. The molecule has 3 rings (SSSR count). The molecule has 1 N–H and O–H groups in total. The number of halogens is 1. The molecule has 0 aliphatic heterocycles. The summed E-state index contributed by atoms with van der Waals surface area (Å²) in [4.78, 5) is 4.31. The van der Waals surface area contributed by atoms with Crippen molar-refractivity contribution in [1.29, 1.82) is 0 Å². The normalized spacial score (nSPS) is 11.5. The van der Waals surface area contributed by atoms with Crippen LogP contribution in [0.15, 0.2) is 62.9 Å². The Morgan fingerprint density at radius 2 is 1.67 bits per heavy atom. The van der Waals surface area contributed by atoms with E-state index in [9.17, 15) is 8.42 Å². The van der Waals surface area contributed by atoms with Crippen molar-refractivity contribution in [2.45, 2.75) is 16.8 Å². The highest BCUT2D eigenvalue weighted by Gasteiger charge is 2.28. The number of aryl methyl sites for hydroxylation is 1. The fourth-order valence-electron chi connectivity index (χ4n) is 2.19. The van der Waals surface area contributed by atoms with E-state index in [-0.39, 0.29) is 21.7 Å². The minimum atomic E-state index is -3.82. The van der Waals surface area contributed by atoms with Gasteiger partial charge >= 0.3 is 0 Å². The van der Waals surface area contributed by atoms with Crippen LogP contribution in [0.5, 0.6) is 0 Å². The van der Waals surface area contributed by atoms with Gasteiger partial charge in [-0.3, -0.25) is 0 Å². The van der Waals surface area contributed by atoms with E-state index in [1.54, 1.807) is 7.05 Å². The Morgan fingerprint density at radius 1 is 1.04 bits per heavy atom. The van der Waals surface area contributed by atoms with Crippen LogP contribution in [0.3, 0.4) is 0 Å². The van der Waals surface area contributed by atoms with Crippen LogP contribution in [0.25, 0.3) is 11.5 Å². The van der Waals surface area contributed by atoms with Gasteiger partial charge in [0.2, 0.25) is 26.6 Å². The molecule has 2 aromatic carbocycles. The van der Waals surface area contributed by atoms with Crippen LogP contribution in [-0.2, 0) is 9.84 Å². The summed E-state index contributed by atoms with van der Waals surface area (Å²) in [6.07, 6.45) is 0. The van der Waals surface area contributed by atoms with Gasteiger partial charge in [-0.25, -0.2) is 8.42 Å². The van der Waals surface area contributed by atoms with Crippen molar-refractivity contribution in [3.05, 3.63) is 59.1 Å². The zero-order valence-corrected chi connectivity index (χ0v) is 14.6. The monoisotopic (exact) mass is 362 g/mol. The predicted octanol–water partition coefficient (Wildman–Crippen LogP) is 4.18. The summed E-state index contributed by atoms with van der Waals surface area (Å²) in [5.41, 5.74) is 1.79. The summed E-state index contributed by atoms with van der Waals surface area (Å²) in [5, 5.41) is 3.06. The molecule has 0 amide bonds. The molecule has 0 saturated heterocycles. The summed E-state index contributed by atoms with van der Waals surface area (Å²) in [6.45, 7) is 1.97. The topological polar surface area (TPSA) is 72.2 Å². The third-order valence-electron chi connectivity index (χ3n) is 3.50. The van der Waals surface area contributed by atoms with Crippen LogP contribution >= 0.6 is 11.6 Å². The van der Waals surface area contributed by atoms with E-state index in [0.29, 0.717) is 10.6 Å². The number of nitrogens with zero attached hydrogens (tertiary/aromatic N) is 1. The SMILES string of the molecule is CNc1oc(-c2ccc(C)cc2)nc1S(=O)(=O)c1ccc(Cl)cc1. The van der Waals surface area contributed by atoms with Gasteiger partial charge in [-0.05, 0) is 43.3 Å². The quantitative estimate of drug-likeness (QED) is 0.753. The number of sulfone groups is 1. The second-order valence-electron chi connectivity index (χ2n) is 5.23. The van der Waals surface area contributed by atoms with Crippen LogP contribution in [0, 0.1) is 6.92 Å². The highest BCUT2D eigenvalue weighted by Crippen LogP contribution is 2.32. The molecule has 124 valence electrons. The highest BCUT2D eigenvalue weighted by atomic mass is 35.5. The molecule has 0 bridgehead atoms. The summed E-state index contributed by atoms with van der Waals surface area (Å²) < 4.78 is 31.2. The molecule has 0 spiro atoms. The van der Waals surface area contributed by atoms with Crippen LogP contribution < -0.4 is 5.32 Å². The molecule has 0 fully saturated rings. The second-order valence-corrected chi connectivity index (χ2v) is 7.53. The van der Waals surface area contributed by atoms with Crippen LogP contribution in [-0.4, -0.2) is 20.4 Å². The Kier molecular flexibility index (Phi) is 4.34. The van der Waals surface area contributed by atoms with Gasteiger partial charge in [-0.1, -0.05) is 29.3 Å². The van der Waals surface area contributed by atoms with Crippen molar-refractivity contribution >= 4 is 27.3 Å². The highest BCUT2D eigenvalue weighted by molar-refractivity contribution is 7.91. The molecule has 24 heavy (non-hydrogen) atoms. The number of anilines is 1. The Balaban J connectivity index is 2.10. The number of rotatable bonds is 4. The second kappa shape index (κ2) is 6.30. The third-order valence-corrected chi connectivity index (χ3v) is 5.43. The first-order chi connectivity index (χ1) is 11.4. The molecule has 1 aromatic heterocycles. The van der Waals surface area contributed by atoms with Crippen molar-refractivity contribution in [3.63, 3.8) is 0 Å². The number of nitrogens with one attached hydrogen (secondary N) is 1. The average Bonchev–Trinajstić information content (AvgIpc) is 3.01. The van der Waals surface area contributed by atoms with Gasteiger partial charge < -0.3 is 9.73 Å². The molecule has 7 heteroatoms. The molecule has 3 aromatic rings. The van der Waals surface area contributed by atoms with E-state index >= 15 is 0 Å². The average molecular weight is 363 g/mol. The number of benzene rings is 2. The van der Waals surface area contributed by atoms with E-state index in [0.717, 1.165) is 5.56 Å². The number of aromatic nitrogens is 1. The molecule has 5 nitrogen and oxygen atoms in total. The number of oxazole rings is 1. The molecule has 0 aliphatic rings. The summed E-state index contributed by atoms with van der Waals surface area (Å²) >= 11 is 5.82. The lowest BCUT2D eigenvalue weighted by atomic mass is 10.1.